The first kappa shape index (κ1) is 15.4. The van der Waals surface area contributed by atoms with Crippen LogP contribution in [0, 0.1) is 0 Å². The Morgan fingerprint density at radius 2 is 1.05 bits per heavy atom. The average molecular weight is 473 g/mol. The summed E-state index contributed by atoms with van der Waals surface area (Å²) in [5, 5.41) is 0. The van der Waals surface area contributed by atoms with Gasteiger partial charge in [-0.2, -0.15) is 0 Å². The fourth-order valence-corrected chi connectivity index (χ4v) is 4.51. The summed E-state index contributed by atoms with van der Waals surface area (Å²) < 4.78 is 3.43. The summed E-state index contributed by atoms with van der Waals surface area (Å²) in [5.41, 5.74) is 5.67. The lowest BCUT2D eigenvalue weighted by Gasteiger charge is -2.16. The van der Waals surface area contributed by atoms with E-state index in [4.69, 9.17) is 0 Å². The predicted octanol–water partition coefficient (Wildman–Crippen LogP) is 5.67. The molecule has 0 amide bonds. The first-order chi connectivity index (χ1) is 10.1. The van der Waals surface area contributed by atoms with Crippen LogP contribution in [-0.4, -0.2) is 6.29 Å². The number of carbonyl (C=O) groups excluding carboxylic acids is 1. The van der Waals surface area contributed by atoms with E-state index in [9.17, 15) is 4.79 Å². The fraction of sp³-hybridized carbons (Fsp3) is 0.235. The number of benzene rings is 2. The van der Waals surface area contributed by atoms with E-state index in [1.807, 2.05) is 6.07 Å². The van der Waals surface area contributed by atoms with Crippen LogP contribution >= 0.6 is 47.8 Å². The molecular weight excluding hydrogens is 460 g/mol. The van der Waals surface area contributed by atoms with Gasteiger partial charge in [-0.3, -0.25) is 4.79 Å². The van der Waals surface area contributed by atoms with Crippen LogP contribution in [-0.2, 0) is 25.7 Å². The van der Waals surface area contributed by atoms with Crippen molar-refractivity contribution in [2.45, 2.75) is 25.7 Å². The van der Waals surface area contributed by atoms with Gasteiger partial charge < -0.3 is 0 Å². The summed E-state index contributed by atoms with van der Waals surface area (Å²) in [6.45, 7) is 0. The molecule has 0 N–H and O–H groups in total. The average Bonchev–Trinajstić information content (AvgIpc) is 2.45. The van der Waals surface area contributed by atoms with E-state index in [0.29, 0.717) is 0 Å². The van der Waals surface area contributed by atoms with Crippen molar-refractivity contribution in [2.24, 2.45) is 0 Å². The number of hydrogen-bond donors (Lipinski definition) is 0. The zero-order valence-corrected chi connectivity index (χ0v) is 16.0. The first-order valence-electron chi connectivity index (χ1n) is 6.81. The van der Waals surface area contributed by atoms with Crippen molar-refractivity contribution in [3.8, 4) is 0 Å². The second-order valence-corrected chi connectivity index (χ2v) is 7.86. The van der Waals surface area contributed by atoms with E-state index in [-0.39, 0.29) is 0 Å². The van der Waals surface area contributed by atoms with E-state index >= 15 is 0 Å². The lowest BCUT2D eigenvalue weighted by Crippen LogP contribution is -2.04. The second-order valence-electron chi connectivity index (χ2n) is 5.30. The summed E-state index contributed by atoms with van der Waals surface area (Å²) in [6, 6.07) is 8.55. The molecule has 2 aromatic rings. The summed E-state index contributed by atoms with van der Waals surface area (Å²) in [7, 11) is 0. The molecule has 4 aliphatic rings. The van der Waals surface area contributed by atoms with Crippen LogP contribution in [0.4, 0.5) is 0 Å². The molecule has 4 bridgehead atoms. The van der Waals surface area contributed by atoms with Gasteiger partial charge >= 0.3 is 0 Å². The lowest BCUT2D eigenvalue weighted by atomic mass is 9.94. The summed E-state index contributed by atoms with van der Waals surface area (Å²) in [6.07, 6.45) is 4.59. The molecule has 6 rings (SSSR count). The van der Waals surface area contributed by atoms with Crippen molar-refractivity contribution in [1.82, 2.24) is 0 Å². The molecule has 2 aromatic carbocycles. The molecule has 0 atom stereocenters. The first-order valence-corrected chi connectivity index (χ1v) is 9.19. The zero-order valence-electron chi connectivity index (χ0n) is 11.3. The Labute approximate surface area is 149 Å². The van der Waals surface area contributed by atoms with Gasteiger partial charge in [0.25, 0.3) is 0 Å². The molecule has 4 aliphatic carbocycles. The molecule has 0 aliphatic heterocycles. The van der Waals surface area contributed by atoms with E-state index < -0.39 is 0 Å². The molecule has 0 heterocycles. The van der Waals surface area contributed by atoms with Gasteiger partial charge in [-0.1, -0.05) is 47.8 Å². The fourth-order valence-electron chi connectivity index (χ4n) is 2.75. The summed E-state index contributed by atoms with van der Waals surface area (Å²) in [4.78, 5) is 11.4. The molecule has 1 nitrogen and oxygen atoms in total. The maximum Gasteiger partial charge on any atom is 0.150 e. The van der Waals surface area contributed by atoms with Gasteiger partial charge in [-0.15, -0.1) is 0 Å². The van der Waals surface area contributed by atoms with Gasteiger partial charge in [0.2, 0.25) is 0 Å². The molecule has 0 fully saturated rings. The third kappa shape index (κ3) is 3.17. The Morgan fingerprint density at radius 1 is 0.667 bits per heavy atom. The standard InChI is InChI=1S/C17H13Br3O/c18-15-6-10-1-2-12-7-17(20)13(8-16(12)19)4-3-11(15)5-14(10)9-21/h5-9H,1-4H2. The minimum atomic E-state index is 0.818. The number of aryl methyl sites for hydroxylation is 4. The number of carbonyl (C=O) groups is 1. The molecule has 0 saturated heterocycles. The van der Waals surface area contributed by atoms with Crippen LogP contribution in [0.1, 0.15) is 32.6 Å². The lowest BCUT2D eigenvalue weighted by molar-refractivity contribution is 0.112. The largest absolute Gasteiger partial charge is 0.298 e. The molecule has 0 spiro atoms. The van der Waals surface area contributed by atoms with Crippen molar-refractivity contribution < 1.29 is 4.79 Å². The number of aldehydes is 1. The summed E-state index contributed by atoms with van der Waals surface area (Å²) >= 11 is 11.0. The number of rotatable bonds is 1. The van der Waals surface area contributed by atoms with Crippen LogP contribution in [0.25, 0.3) is 0 Å². The van der Waals surface area contributed by atoms with Gasteiger partial charge in [-0.05, 0) is 72.2 Å². The van der Waals surface area contributed by atoms with Gasteiger partial charge in [-0.25, -0.2) is 0 Å². The number of halogens is 3. The van der Waals surface area contributed by atoms with Gasteiger partial charge in [0.05, 0.1) is 0 Å². The quantitative estimate of drug-likeness (QED) is 0.489. The minimum absolute atomic E-state index is 0.818. The Hall–Kier alpha value is -0.450. The van der Waals surface area contributed by atoms with E-state index in [1.165, 1.54) is 21.2 Å². The highest BCUT2D eigenvalue weighted by atomic mass is 79.9. The van der Waals surface area contributed by atoms with E-state index in [1.54, 1.807) is 0 Å². The van der Waals surface area contributed by atoms with Crippen LogP contribution in [0.5, 0.6) is 0 Å². The predicted molar refractivity (Wildman–Crippen MR) is 96.2 cm³/mol. The van der Waals surface area contributed by atoms with Crippen LogP contribution in [0.2, 0.25) is 0 Å². The molecule has 0 unspecified atom stereocenters. The Bertz CT molecular complexity index is 722. The Morgan fingerprint density at radius 3 is 1.52 bits per heavy atom. The van der Waals surface area contributed by atoms with Crippen molar-refractivity contribution in [3.63, 3.8) is 0 Å². The van der Waals surface area contributed by atoms with Crippen LogP contribution < -0.4 is 0 Å². The van der Waals surface area contributed by atoms with E-state index in [2.05, 4.69) is 66.0 Å². The van der Waals surface area contributed by atoms with Gasteiger partial charge in [0.1, 0.15) is 6.29 Å². The zero-order chi connectivity index (χ0) is 15.0. The monoisotopic (exact) mass is 470 g/mol. The van der Waals surface area contributed by atoms with Crippen molar-refractivity contribution in [1.29, 1.82) is 0 Å². The van der Waals surface area contributed by atoms with Crippen molar-refractivity contribution >= 4 is 54.1 Å². The van der Waals surface area contributed by atoms with Crippen molar-refractivity contribution in [2.75, 3.05) is 0 Å². The van der Waals surface area contributed by atoms with Crippen LogP contribution in [0.15, 0.2) is 37.7 Å². The molecular formula is C17H13Br3O. The third-order valence-corrected chi connectivity index (χ3v) is 6.19. The number of hydrogen-bond acceptors (Lipinski definition) is 1. The normalized spacial score (nSPS) is 13.9. The second kappa shape index (κ2) is 6.35. The third-order valence-electron chi connectivity index (χ3n) is 3.98. The van der Waals surface area contributed by atoms with Crippen LogP contribution in [0.3, 0.4) is 0 Å². The Balaban J connectivity index is 2.13. The highest BCUT2D eigenvalue weighted by Crippen LogP contribution is 2.31. The van der Waals surface area contributed by atoms with E-state index in [0.717, 1.165) is 52.0 Å². The molecule has 0 radical (unpaired) electrons. The maximum absolute atomic E-state index is 11.4. The molecule has 0 aromatic heterocycles. The van der Waals surface area contributed by atoms with Crippen molar-refractivity contribution in [3.05, 3.63) is 65.5 Å². The maximum atomic E-state index is 11.4. The van der Waals surface area contributed by atoms with Gasteiger partial charge in [0, 0.05) is 19.0 Å². The molecule has 108 valence electrons. The molecule has 0 saturated carbocycles. The topological polar surface area (TPSA) is 17.1 Å². The molecule has 21 heavy (non-hydrogen) atoms. The molecule has 4 heteroatoms. The highest BCUT2D eigenvalue weighted by molar-refractivity contribution is 9.11. The summed E-state index contributed by atoms with van der Waals surface area (Å²) in [5.74, 6) is 0. The highest BCUT2D eigenvalue weighted by Gasteiger charge is 2.14. The van der Waals surface area contributed by atoms with Gasteiger partial charge in [0.15, 0.2) is 0 Å². The minimum Gasteiger partial charge on any atom is -0.298 e. The smallest absolute Gasteiger partial charge is 0.150 e. The Kier molecular flexibility index (Phi) is 4.67. The SMILES string of the molecule is O=Cc1cc2c(Br)cc1CCc1cc(Br)c(cc1Br)CC2.